The number of fused-ring (bicyclic) bond motifs is 2. The predicted molar refractivity (Wildman–Crippen MR) is 126 cm³/mol. The molecule has 0 saturated carbocycles. The van der Waals surface area contributed by atoms with Crippen molar-refractivity contribution >= 4 is 39.1 Å². The molecule has 0 atom stereocenters. The monoisotopic (exact) mass is 436 g/mol. The largest absolute Gasteiger partial charge is 0.335 e. The van der Waals surface area contributed by atoms with Crippen LogP contribution in [0.1, 0.15) is 16.6 Å². The maximum Gasteiger partial charge on any atom is 0.169 e. The van der Waals surface area contributed by atoms with Crippen molar-refractivity contribution in [2.45, 2.75) is 6.92 Å². The van der Waals surface area contributed by atoms with Crippen LogP contribution >= 0.6 is 11.3 Å². The molecule has 2 N–H and O–H groups in total. The van der Waals surface area contributed by atoms with E-state index in [1.807, 2.05) is 42.6 Å². The first-order chi connectivity index (χ1) is 15.7. The molecule has 0 saturated heterocycles. The van der Waals surface area contributed by atoms with Gasteiger partial charge in [0, 0.05) is 40.0 Å². The van der Waals surface area contributed by atoms with Crippen molar-refractivity contribution in [3.8, 4) is 33.1 Å². The molecule has 6 aromatic rings. The van der Waals surface area contributed by atoms with E-state index >= 15 is 0 Å². The summed E-state index contributed by atoms with van der Waals surface area (Å²) in [5.74, 6) is 0.712. The van der Waals surface area contributed by atoms with Gasteiger partial charge in [-0.3, -0.25) is 19.9 Å². The molecule has 8 heteroatoms. The first-order valence-corrected chi connectivity index (χ1v) is 10.8. The van der Waals surface area contributed by atoms with E-state index in [4.69, 9.17) is 4.98 Å². The lowest BCUT2D eigenvalue weighted by Crippen LogP contribution is -1.84. The van der Waals surface area contributed by atoms with Crippen LogP contribution in [0.4, 0.5) is 0 Å². The summed E-state index contributed by atoms with van der Waals surface area (Å²) < 4.78 is 0. The summed E-state index contributed by atoms with van der Waals surface area (Å²) in [6.45, 7) is 1.57. The number of rotatable bonds is 4. The molecule has 6 rings (SSSR count). The first kappa shape index (κ1) is 18.6. The van der Waals surface area contributed by atoms with Gasteiger partial charge in [-0.2, -0.15) is 5.10 Å². The van der Waals surface area contributed by atoms with Gasteiger partial charge in [0.2, 0.25) is 0 Å². The highest BCUT2D eigenvalue weighted by atomic mass is 32.1. The van der Waals surface area contributed by atoms with Gasteiger partial charge in [0.1, 0.15) is 11.2 Å². The molecule has 0 fully saturated rings. The van der Waals surface area contributed by atoms with Crippen molar-refractivity contribution in [2.75, 3.05) is 0 Å². The minimum atomic E-state index is 0.0523. The summed E-state index contributed by atoms with van der Waals surface area (Å²) in [6, 6.07) is 13.9. The fourth-order valence-electron chi connectivity index (χ4n) is 3.80. The van der Waals surface area contributed by atoms with Crippen molar-refractivity contribution in [2.24, 2.45) is 0 Å². The lowest BCUT2D eigenvalue weighted by atomic mass is 10.0. The molecule has 0 aliphatic heterocycles. The number of nitrogens with zero attached hydrogens (tertiary/aromatic N) is 4. The van der Waals surface area contributed by atoms with E-state index in [2.05, 4.69) is 31.2 Å². The standard InChI is InChI=1S/C24H16N6OS/c1-13(31)20-6-7-21(32-20)17-11-26-12-19-22(17)28-24(27-19)23-16-9-14(4-5-18(16)29-30-23)15-3-2-8-25-10-15/h2-12H,1H3,(H,27,28)(H,29,30). The summed E-state index contributed by atoms with van der Waals surface area (Å²) in [7, 11) is 0. The van der Waals surface area contributed by atoms with Crippen molar-refractivity contribution < 1.29 is 4.79 Å². The van der Waals surface area contributed by atoms with Crippen molar-refractivity contribution in [3.63, 3.8) is 0 Å². The van der Waals surface area contributed by atoms with E-state index in [1.165, 1.54) is 11.3 Å². The molecule has 5 aromatic heterocycles. The molecule has 7 nitrogen and oxygen atoms in total. The zero-order valence-electron chi connectivity index (χ0n) is 17.0. The zero-order valence-corrected chi connectivity index (χ0v) is 17.8. The second-order valence-electron chi connectivity index (χ2n) is 7.46. The summed E-state index contributed by atoms with van der Waals surface area (Å²) in [6.07, 6.45) is 7.14. The third-order valence-corrected chi connectivity index (χ3v) is 6.61. The molecule has 0 spiro atoms. The fraction of sp³-hybridized carbons (Fsp3) is 0.0417. The lowest BCUT2D eigenvalue weighted by molar-refractivity contribution is 0.102. The molecular weight excluding hydrogens is 420 g/mol. The van der Waals surface area contributed by atoms with Crippen LogP contribution in [0.5, 0.6) is 0 Å². The van der Waals surface area contributed by atoms with Crippen LogP contribution in [0.2, 0.25) is 0 Å². The highest BCUT2D eigenvalue weighted by Crippen LogP contribution is 2.35. The molecule has 0 amide bonds. The van der Waals surface area contributed by atoms with E-state index in [1.54, 1.807) is 25.5 Å². The second-order valence-corrected chi connectivity index (χ2v) is 8.55. The molecular formula is C24H16N6OS. The molecule has 0 radical (unpaired) electrons. The number of H-pyrrole nitrogens is 2. The number of carbonyl (C=O) groups excluding carboxylic acids is 1. The smallest absolute Gasteiger partial charge is 0.169 e. The number of benzene rings is 1. The van der Waals surface area contributed by atoms with Gasteiger partial charge < -0.3 is 4.98 Å². The van der Waals surface area contributed by atoms with Gasteiger partial charge >= 0.3 is 0 Å². The third kappa shape index (κ3) is 3.00. The number of aromatic nitrogens is 6. The SMILES string of the molecule is CC(=O)c1ccc(-c2cncc3[nH]c(-c4n[nH]c5ccc(-c6cccnc6)cc45)nc23)s1. The number of thiophene rings is 1. The predicted octanol–water partition coefficient (Wildman–Crippen LogP) is 5.49. The number of Topliss-reactive ketones (excluding diaryl/α,β-unsaturated/α-hetero) is 1. The number of pyridine rings is 2. The van der Waals surface area contributed by atoms with E-state index in [0.717, 1.165) is 49.2 Å². The molecule has 1 aromatic carbocycles. The van der Waals surface area contributed by atoms with Gasteiger partial charge in [0.25, 0.3) is 0 Å². The van der Waals surface area contributed by atoms with Gasteiger partial charge in [0.05, 0.1) is 22.1 Å². The number of ketones is 1. The number of carbonyl (C=O) groups is 1. The first-order valence-electron chi connectivity index (χ1n) is 10.0. The number of hydrogen-bond donors (Lipinski definition) is 2. The van der Waals surface area contributed by atoms with Crippen LogP contribution in [-0.4, -0.2) is 35.9 Å². The Hall–Kier alpha value is -4.17. The maximum atomic E-state index is 11.7. The van der Waals surface area contributed by atoms with Crippen molar-refractivity contribution in [3.05, 3.63) is 72.1 Å². The Kier molecular flexibility index (Phi) is 4.19. The molecule has 0 aliphatic rings. The minimum absolute atomic E-state index is 0.0523. The highest BCUT2D eigenvalue weighted by Gasteiger charge is 2.17. The normalized spacial score (nSPS) is 11.4. The summed E-state index contributed by atoms with van der Waals surface area (Å²) >= 11 is 1.45. The van der Waals surface area contributed by atoms with Crippen LogP contribution in [0.25, 0.3) is 55.0 Å². The number of aromatic amines is 2. The number of nitrogens with one attached hydrogen (secondary N) is 2. The molecule has 5 heterocycles. The Morgan fingerprint density at radius 2 is 1.91 bits per heavy atom. The topological polar surface area (TPSA) is 100 Å². The molecule has 154 valence electrons. The van der Waals surface area contributed by atoms with Crippen LogP contribution in [0.3, 0.4) is 0 Å². The Balaban J connectivity index is 1.49. The van der Waals surface area contributed by atoms with E-state index < -0.39 is 0 Å². The van der Waals surface area contributed by atoms with Gasteiger partial charge in [0.15, 0.2) is 11.6 Å². The molecule has 0 unspecified atom stereocenters. The lowest BCUT2D eigenvalue weighted by Gasteiger charge is -2.01. The van der Waals surface area contributed by atoms with Gasteiger partial charge in [-0.1, -0.05) is 12.1 Å². The van der Waals surface area contributed by atoms with Crippen LogP contribution < -0.4 is 0 Å². The fourth-order valence-corrected chi connectivity index (χ4v) is 4.72. The van der Waals surface area contributed by atoms with Crippen LogP contribution in [-0.2, 0) is 0 Å². The Morgan fingerprint density at radius 3 is 2.72 bits per heavy atom. The quantitative estimate of drug-likeness (QED) is 0.356. The van der Waals surface area contributed by atoms with Gasteiger partial charge in [-0.25, -0.2) is 4.98 Å². The van der Waals surface area contributed by atoms with Crippen molar-refractivity contribution in [1.29, 1.82) is 0 Å². The molecule has 0 bridgehead atoms. The molecule has 32 heavy (non-hydrogen) atoms. The number of hydrogen-bond acceptors (Lipinski definition) is 6. The second kappa shape index (κ2) is 7.21. The third-order valence-electron chi connectivity index (χ3n) is 5.39. The average Bonchev–Trinajstić information content (AvgIpc) is 3.56. The van der Waals surface area contributed by atoms with Gasteiger partial charge in [-0.15, -0.1) is 11.3 Å². The van der Waals surface area contributed by atoms with E-state index in [0.29, 0.717) is 10.7 Å². The number of imidazole rings is 1. The van der Waals surface area contributed by atoms with Gasteiger partial charge in [-0.05, 0) is 42.8 Å². The Morgan fingerprint density at radius 1 is 0.969 bits per heavy atom. The van der Waals surface area contributed by atoms with E-state index in [-0.39, 0.29) is 5.78 Å². The average molecular weight is 437 g/mol. The summed E-state index contributed by atoms with van der Waals surface area (Å²) in [4.78, 5) is 30.2. The highest BCUT2D eigenvalue weighted by molar-refractivity contribution is 7.17. The minimum Gasteiger partial charge on any atom is -0.335 e. The zero-order chi connectivity index (χ0) is 21.7. The maximum absolute atomic E-state index is 11.7. The van der Waals surface area contributed by atoms with Crippen molar-refractivity contribution in [1.82, 2.24) is 30.1 Å². The molecule has 0 aliphatic carbocycles. The van der Waals surface area contributed by atoms with Crippen LogP contribution in [0, 0.1) is 0 Å². The summed E-state index contributed by atoms with van der Waals surface area (Å²) in [5.41, 5.74) is 6.26. The van der Waals surface area contributed by atoms with Crippen LogP contribution in [0.15, 0.2) is 67.3 Å². The Bertz CT molecular complexity index is 1610. The Labute approximate surface area is 186 Å². The summed E-state index contributed by atoms with van der Waals surface area (Å²) in [5, 5.41) is 8.59. The van der Waals surface area contributed by atoms with E-state index in [9.17, 15) is 4.79 Å².